The Morgan fingerprint density at radius 2 is 2.10 bits per heavy atom. The van der Waals surface area contributed by atoms with Crippen molar-refractivity contribution in [3.8, 4) is 0 Å². The second-order valence-electron chi connectivity index (χ2n) is 5.00. The Morgan fingerprint density at radius 1 is 1.35 bits per heavy atom. The molecule has 0 saturated carbocycles. The number of benzene rings is 1. The van der Waals surface area contributed by atoms with Crippen molar-refractivity contribution in [2.75, 3.05) is 0 Å². The van der Waals surface area contributed by atoms with Crippen molar-refractivity contribution in [1.82, 2.24) is 10.1 Å². The first kappa shape index (κ1) is 15.4. The topological polar surface area (TPSA) is 64.9 Å². The summed E-state index contributed by atoms with van der Waals surface area (Å²) in [5.74, 6) is 2.26. The van der Waals surface area contributed by atoms with E-state index in [1.807, 2.05) is 24.3 Å². The van der Waals surface area contributed by atoms with Gasteiger partial charge in [-0.3, -0.25) is 0 Å². The maximum atomic E-state index is 6.10. The van der Waals surface area contributed by atoms with Crippen molar-refractivity contribution in [3.05, 3.63) is 41.0 Å². The molecule has 0 unspecified atom stereocenters. The van der Waals surface area contributed by atoms with Crippen LogP contribution in [0.5, 0.6) is 0 Å². The van der Waals surface area contributed by atoms with Crippen molar-refractivity contribution < 1.29 is 4.52 Å². The van der Waals surface area contributed by atoms with Crippen molar-refractivity contribution in [3.63, 3.8) is 0 Å². The van der Waals surface area contributed by atoms with Crippen molar-refractivity contribution >= 4 is 23.4 Å². The van der Waals surface area contributed by atoms with Crippen LogP contribution >= 0.6 is 23.4 Å². The fourth-order valence-electron chi connectivity index (χ4n) is 1.79. The number of nitrogens with two attached hydrogens (primary N) is 1. The normalized spacial score (nSPS) is 12.8. The maximum absolute atomic E-state index is 6.10. The summed E-state index contributed by atoms with van der Waals surface area (Å²) in [4.78, 5) is 5.35. The second kappa shape index (κ2) is 7.11. The first-order valence-corrected chi connectivity index (χ1v) is 7.88. The summed E-state index contributed by atoms with van der Waals surface area (Å²) in [7, 11) is 0. The van der Waals surface area contributed by atoms with Gasteiger partial charge in [0.2, 0.25) is 5.89 Å². The van der Waals surface area contributed by atoms with Gasteiger partial charge in [0.05, 0.1) is 16.8 Å². The van der Waals surface area contributed by atoms with E-state index in [0.717, 1.165) is 16.3 Å². The lowest BCUT2D eigenvalue weighted by Gasteiger charge is -2.08. The van der Waals surface area contributed by atoms with Crippen LogP contribution in [0.15, 0.2) is 33.7 Å². The summed E-state index contributed by atoms with van der Waals surface area (Å²) in [6, 6.07) is 7.50. The molecule has 20 heavy (non-hydrogen) atoms. The van der Waals surface area contributed by atoms with Crippen LogP contribution in [0.4, 0.5) is 0 Å². The molecule has 108 valence electrons. The van der Waals surface area contributed by atoms with E-state index in [4.69, 9.17) is 21.9 Å². The molecule has 0 aliphatic heterocycles. The highest BCUT2D eigenvalue weighted by atomic mass is 35.5. The molecule has 1 aromatic carbocycles. The summed E-state index contributed by atoms with van der Waals surface area (Å²) in [5.41, 5.74) is 6.02. The van der Waals surface area contributed by atoms with Gasteiger partial charge in [0, 0.05) is 4.90 Å². The van der Waals surface area contributed by atoms with Gasteiger partial charge in [0.15, 0.2) is 5.82 Å². The quantitative estimate of drug-likeness (QED) is 0.815. The molecule has 1 heterocycles. The molecule has 2 N–H and O–H groups in total. The molecule has 2 rings (SSSR count). The first-order valence-electron chi connectivity index (χ1n) is 6.51. The van der Waals surface area contributed by atoms with E-state index in [9.17, 15) is 0 Å². The van der Waals surface area contributed by atoms with Gasteiger partial charge in [0.1, 0.15) is 0 Å². The van der Waals surface area contributed by atoms with Crippen molar-refractivity contribution in [1.29, 1.82) is 0 Å². The van der Waals surface area contributed by atoms with E-state index < -0.39 is 0 Å². The summed E-state index contributed by atoms with van der Waals surface area (Å²) < 4.78 is 5.21. The molecule has 1 aromatic heterocycles. The molecule has 0 aliphatic carbocycles. The molecule has 4 nitrogen and oxygen atoms in total. The predicted octanol–water partition coefficient (Wildman–Crippen LogP) is 4.06. The first-order chi connectivity index (χ1) is 9.56. The highest BCUT2D eigenvalue weighted by molar-refractivity contribution is 7.98. The minimum atomic E-state index is -0.193. The molecule has 0 aliphatic rings. The van der Waals surface area contributed by atoms with Crippen molar-refractivity contribution in [2.45, 2.75) is 37.0 Å². The van der Waals surface area contributed by atoms with Crippen LogP contribution in [0.3, 0.4) is 0 Å². The van der Waals surface area contributed by atoms with Crippen molar-refractivity contribution in [2.24, 2.45) is 11.7 Å². The van der Waals surface area contributed by atoms with Gasteiger partial charge in [-0.15, -0.1) is 11.8 Å². The Morgan fingerprint density at radius 3 is 2.80 bits per heavy atom. The molecule has 0 amide bonds. The SMILES string of the molecule is CC(C)C[C@@H](N)c1nc(CSc2ccccc2Cl)no1. The molecular weight excluding hydrogens is 294 g/mol. The Kier molecular flexibility index (Phi) is 5.46. The number of hydrogen-bond donors (Lipinski definition) is 1. The average molecular weight is 312 g/mol. The van der Waals surface area contributed by atoms with E-state index in [1.165, 1.54) is 0 Å². The average Bonchev–Trinajstić information content (AvgIpc) is 2.86. The van der Waals surface area contributed by atoms with Crippen LogP contribution in [0, 0.1) is 5.92 Å². The van der Waals surface area contributed by atoms with E-state index >= 15 is 0 Å². The number of hydrogen-bond acceptors (Lipinski definition) is 5. The molecule has 1 atom stereocenters. The van der Waals surface area contributed by atoms with Crippen LogP contribution in [-0.4, -0.2) is 10.1 Å². The molecule has 0 spiro atoms. The Balaban J connectivity index is 1.95. The highest BCUT2D eigenvalue weighted by Crippen LogP contribution is 2.29. The lowest BCUT2D eigenvalue weighted by molar-refractivity contribution is 0.333. The summed E-state index contributed by atoms with van der Waals surface area (Å²) >= 11 is 7.68. The van der Waals surface area contributed by atoms with Crippen LogP contribution in [0.25, 0.3) is 0 Å². The molecular formula is C14H18ClN3OS. The Hall–Kier alpha value is -1.04. The minimum absolute atomic E-state index is 0.193. The largest absolute Gasteiger partial charge is 0.338 e. The van der Waals surface area contributed by atoms with Gasteiger partial charge in [-0.1, -0.05) is 42.7 Å². The van der Waals surface area contributed by atoms with E-state index in [0.29, 0.717) is 23.4 Å². The molecule has 0 fully saturated rings. The number of thioether (sulfide) groups is 1. The standard InChI is InChI=1S/C14H18ClN3OS/c1-9(2)7-11(16)14-17-13(18-19-14)8-20-12-6-4-3-5-10(12)15/h3-6,9,11H,7-8,16H2,1-2H3/t11-/m1/s1. The zero-order valence-corrected chi connectivity index (χ0v) is 13.1. The van der Waals surface area contributed by atoms with Gasteiger partial charge in [-0.05, 0) is 24.5 Å². The van der Waals surface area contributed by atoms with Gasteiger partial charge >= 0.3 is 0 Å². The zero-order chi connectivity index (χ0) is 14.5. The van der Waals surface area contributed by atoms with Gasteiger partial charge in [-0.2, -0.15) is 4.98 Å². The third kappa shape index (κ3) is 4.23. The van der Waals surface area contributed by atoms with Gasteiger partial charge in [-0.25, -0.2) is 0 Å². The number of aromatic nitrogens is 2. The van der Waals surface area contributed by atoms with Crippen LogP contribution in [0.1, 0.15) is 38.0 Å². The zero-order valence-electron chi connectivity index (χ0n) is 11.5. The molecule has 0 bridgehead atoms. The third-order valence-corrected chi connectivity index (χ3v) is 4.23. The molecule has 6 heteroatoms. The fraction of sp³-hybridized carbons (Fsp3) is 0.429. The number of rotatable bonds is 6. The second-order valence-corrected chi connectivity index (χ2v) is 6.43. The lowest BCUT2D eigenvalue weighted by atomic mass is 10.0. The highest BCUT2D eigenvalue weighted by Gasteiger charge is 2.16. The Labute approximate surface area is 128 Å². The minimum Gasteiger partial charge on any atom is -0.338 e. The number of halogens is 1. The summed E-state index contributed by atoms with van der Waals surface area (Å²) in [6.07, 6.45) is 0.833. The fourth-order valence-corrected chi connectivity index (χ4v) is 2.87. The summed E-state index contributed by atoms with van der Waals surface area (Å²) in [6.45, 7) is 4.23. The monoisotopic (exact) mass is 311 g/mol. The van der Waals surface area contributed by atoms with E-state index in [-0.39, 0.29) is 6.04 Å². The van der Waals surface area contributed by atoms with E-state index in [2.05, 4.69) is 24.0 Å². The predicted molar refractivity (Wildman–Crippen MR) is 81.7 cm³/mol. The molecule has 0 saturated heterocycles. The third-order valence-electron chi connectivity index (χ3n) is 2.72. The van der Waals surface area contributed by atoms with E-state index in [1.54, 1.807) is 11.8 Å². The van der Waals surface area contributed by atoms with Crippen LogP contribution < -0.4 is 5.73 Å². The molecule has 0 radical (unpaired) electrons. The smallest absolute Gasteiger partial charge is 0.243 e. The summed E-state index contributed by atoms with van der Waals surface area (Å²) in [5, 5.41) is 4.69. The van der Waals surface area contributed by atoms with Gasteiger partial charge in [0.25, 0.3) is 0 Å². The lowest BCUT2D eigenvalue weighted by Crippen LogP contribution is -2.13. The van der Waals surface area contributed by atoms with Crippen LogP contribution in [-0.2, 0) is 5.75 Å². The molecule has 2 aromatic rings. The maximum Gasteiger partial charge on any atom is 0.243 e. The Bertz CT molecular complexity index is 559. The number of nitrogens with zero attached hydrogens (tertiary/aromatic N) is 2. The van der Waals surface area contributed by atoms with Gasteiger partial charge < -0.3 is 10.3 Å². The van der Waals surface area contributed by atoms with Crippen LogP contribution in [0.2, 0.25) is 5.02 Å².